The molecule has 4 nitrogen and oxygen atoms in total. The Labute approximate surface area is 92.6 Å². The van der Waals surface area contributed by atoms with Gasteiger partial charge in [-0.2, -0.15) is 5.26 Å². The summed E-state index contributed by atoms with van der Waals surface area (Å²) in [6, 6.07) is 1.70. The molecule has 1 fully saturated rings. The first kappa shape index (κ1) is 12.7. The normalized spacial score (nSPS) is 21.5. The van der Waals surface area contributed by atoms with E-state index >= 15 is 0 Å². The van der Waals surface area contributed by atoms with Crippen molar-refractivity contribution in [3.8, 4) is 6.07 Å². The Morgan fingerprint density at radius 1 is 1.44 bits per heavy atom. The number of nitriles is 1. The summed E-state index contributed by atoms with van der Waals surface area (Å²) in [4.78, 5) is 11.3. The second kappa shape index (κ2) is 3.58. The molecule has 1 aliphatic carbocycles. The number of nitrogens with one attached hydrogen (secondary N) is 1. The van der Waals surface area contributed by atoms with Crippen LogP contribution in [0.1, 0.15) is 33.6 Å². The average molecular weight is 232 g/mol. The van der Waals surface area contributed by atoms with E-state index in [4.69, 9.17) is 10.00 Å². The van der Waals surface area contributed by atoms with E-state index in [-0.39, 0.29) is 0 Å². The number of hydrogen-bond acceptors (Lipinski definition) is 3. The first-order valence-electron chi connectivity index (χ1n) is 4.88. The lowest BCUT2D eigenvalue weighted by atomic mass is 9.74. The lowest BCUT2D eigenvalue weighted by Crippen LogP contribution is -2.61. The zero-order chi connectivity index (χ0) is 12.6. The molecule has 0 atom stereocenters. The van der Waals surface area contributed by atoms with Crippen LogP contribution in [0.3, 0.4) is 0 Å². The van der Waals surface area contributed by atoms with E-state index < -0.39 is 36.0 Å². The van der Waals surface area contributed by atoms with Crippen LogP contribution in [0, 0.1) is 11.3 Å². The zero-order valence-electron chi connectivity index (χ0n) is 9.43. The van der Waals surface area contributed by atoms with Crippen molar-refractivity contribution < 1.29 is 18.3 Å². The van der Waals surface area contributed by atoms with Crippen molar-refractivity contribution >= 4 is 6.09 Å². The Kier molecular flexibility index (Phi) is 2.84. The number of rotatable bonds is 1. The zero-order valence-corrected chi connectivity index (χ0v) is 9.43. The second-order valence-electron chi connectivity index (χ2n) is 5.03. The summed E-state index contributed by atoms with van der Waals surface area (Å²) in [6.45, 7) is 4.96. The molecule has 1 rings (SSSR count). The van der Waals surface area contributed by atoms with E-state index in [2.05, 4.69) is 5.32 Å². The van der Waals surface area contributed by atoms with Crippen LogP contribution in [0.15, 0.2) is 0 Å². The fourth-order valence-corrected chi connectivity index (χ4v) is 1.53. The minimum absolute atomic E-state index is 0.657. The molecule has 0 aliphatic heterocycles. The molecule has 1 aliphatic rings. The largest absolute Gasteiger partial charge is 0.444 e. The van der Waals surface area contributed by atoms with Crippen LogP contribution in [0.25, 0.3) is 0 Å². The van der Waals surface area contributed by atoms with Crippen molar-refractivity contribution in [1.82, 2.24) is 5.32 Å². The van der Waals surface area contributed by atoms with Gasteiger partial charge >= 0.3 is 6.09 Å². The number of hydrogen-bond donors (Lipinski definition) is 1. The first-order chi connectivity index (χ1) is 7.08. The number of nitrogens with zero attached hydrogens (tertiary/aromatic N) is 1. The van der Waals surface area contributed by atoms with E-state index in [1.54, 1.807) is 26.8 Å². The van der Waals surface area contributed by atoms with E-state index in [1.165, 1.54) is 0 Å². The number of alkyl halides is 2. The van der Waals surface area contributed by atoms with Gasteiger partial charge in [0.1, 0.15) is 11.1 Å². The number of carbonyl (C=O) groups is 1. The molecule has 0 heterocycles. The molecule has 0 saturated heterocycles. The third-order valence-corrected chi connectivity index (χ3v) is 2.08. The van der Waals surface area contributed by atoms with Crippen molar-refractivity contribution in [2.75, 3.05) is 0 Å². The van der Waals surface area contributed by atoms with E-state index in [0.717, 1.165) is 0 Å². The summed E-state index contributed by atoms with van der Waals surface area (Å²) >= 11 is 0. The average Bonchev–Trinajstić information content (AvgIpc) is 1.96. The third-order valence-electron chi connectivity index (χ3n) is 2.08. The lowest BCUT2D eigenvalue weighted by Gasteiger charge is -2.42. The van der Waals surface area contributed by atoms with E-state index in [9.17, 15) is 13.6 Å². The van der Waals surface area contributed by atoms with Gasteiger partial charge in [-0.05, 0) is 20.8 Å². The van der Waals surface area contributed by atoms with Gasteiger partial charge in [0.2, 0.25) is 0 Å². The van der Waals surface area contributed by atoms with Crippen LogP contribution in [0.2, 0.25) is 0 Å². The van der Waals surface area contributed by atoms with E-state index in [0.29, 0.717) is 0 Å². The standard InChI is InChI=1S/C10H14F2N2O2/c1-8(2,3)16-7(15)14-9(6-13)4-10(11,12)5-9/h4-5H2,1-3H3,(H,14,15). The van der Waals surface area contributed by atoms with E-state index in [1.807, 2.05) is 0 Å². The highest BCUT2D eigenvalue weighted by molar-refractivity contribution is 5.70. The van der Waals surface area contributed by atoms with Crippen LogP contribution in [0.5, 0.6) is 0 Å². The maximum Gasteiger partial charge on any atom is 0.408 e. The van der Waals surface area contributed by atoms with Crippen molar-refractivity contribution in [1.29, 1.82) is 5.26 Å². The van der Waals surface area contributed by atoms with Gasteiger partial charge in [0.15, 0.2) is 0 Å². The highest BCUT2D eigenvalue weighted by Gasteiger charge is 2.58. The van der Waals surface area contributed by atoms with Gasteiger partial charge in [-0.1, -0.05) is 0 Å². The van der Waals surface area contributed by atoms with Crippen LogP contribution in [-0.2, 0) is 4.74 Å². The highest BCUT2D eigenvalue weighted by Crippen LogP contribution is 2.45. The Bertz CT molecular complexity index is 334. The van der Waals surface area contributed by atoms with Crippen molar-refractivity contribution in [3.05, 3.63) is 0 Å². The molecule has 0 unspecified atom stereocenters. The molecular weight excluding hydrogens is 218 g/mol. The molecule has 0 radical (unpaired) electrons. The minimum atomic E-state index is -2.87. The Morgan fingerprint density at radius 2 is 1.94 bits per heavy atom. The molecule has 0 bridgehead atoms. The van der Waals surface area contributed by atoms with Gasteiger partial charge in [0, 0.05) is 12.8 Å². The van der Waals surface area contributed by atoms with Crippen LogP contribution in [0.4, 0.5) is 13.6 Å². The summed E-state index contributed by atoms with van der Waals surface area (Å²) < 4.78 is 30.2. The van der Waals surface area contributed by atoms with Gasteiger partial charge < -0.3 is 10.1 Å². The summed E-state index contributed by atoms with van der Waals surface area (Å²) in [5.41, 5.74) is -2.20. The summed E-state index contributed by atoms with van der Waals surface area (Å²) in [5.74, 6) is -2.87. The summed E-state index contributed by atoms with van der Waals surface area (Å²) in [7, 11) is 0. The second-order valence-corrected chi connectivity index (χ2v) is 5.03. The van der Waals surface area contributed by atoms with Crippen LogP contribution in [-0.4, -0.2) is 23.2 Å². The number of halogens is 2. The summed E-state index contributed by atoms with van der Waals surface area (Å²) in [5, 5.41) is 11.0. The quantitative estimate of drug-likeness (QED) is 0.753. The van der Waals surface area contributed by atoms with Crippen molar-refractivity contribution in [2.45, 2.75) is 50.7 Å². The SMILES string of the molecule is CC(C)(C)OC(=O)NC1(C#N)CC(F)(F)C1. The molecule has 90 valence electrons. The van der Waals surface area contributed by atoms with Gasteiger partial charge in [0.05, 0.1) is 6.07 Å². The predicted octanol–water partition coefficient (Wildman–Crippen LogP) is 2.20. The third kappa shape index (κ3) is 3.05. The maximum absolute atomic E-state index is 12.7. The molecule has 16 heavy (non-hydrogen) atoms. The van der Waals surface area contributed by atoms with Crippen molar-refractivity contribution in [3.63, 3.8) is 0 Å². The van der Waals surface area contributed by atoms with Gasteiger partial charge in [0.25, 0.3) is 5.92 Å². The Hall–Kier alpha value is -1.38. The van der Waals surface area contributed by atoms with Crippen LogP contribution >= 0.6 is 0 Å². The minimum Gasteiger partial charge on any atom is -0.444 e. The lowest BCUT2D eigenvalue weighted by molar-refractivity contribution is -0.114. The molecule has 0 spiro atoms. The fourth-order valence-electron chi connectivity index (χ4n) is 1.53. The molecule has 0 aromatic rings. The van der Waals surface area contributed by atoms with Gasteiger partial charge in [-0.15, -0.1) is 0 Å². The van der Waals surface area contributed by atoms with Gasteiger partial charge in [-0.25, -0.2) is 13.6 Å². The highest BCUT2D eigenvalue weighted by atomic mass is 19.3. The van der Waals surface area contributed by atoms with Crippen LogP contribution < -0.4 is 5.32 Å². The molecule has 1 N–H and O–H groups in total. The molecule has 6 heteroatoms. The Morgan fingerprint density at radius 3 is 2.25 bits per heavy atom. The number of carbonyl (C=O) groups excluding carboxylic acids is 1. The van der Waals surface area contributed by atoms with Gasteiger partial charge in [-0.3, -0.25) is 0 Å². The van der Waals surface area contributed by atoms with Crippen molar-refractivity contribution in [2.24, 2.45) is 0 Å². The monoisotopic (exact) mass is 232 g/mol. The molecular formula is C10H14F2N2O2. The number of alkyl carbamates (subject to hydrolysis) is 1. The molecule has 1 saturated carbocycles. The molecule has 1 amide bonds. The maximum atomic E-state index is 12.7. The smallest absolute Gasteiger partial charge is 0.408 e. The first-order valence-corrected chi connectivity index (χ1v) is 4.88. The number of amides is 1. The predicted molar refractivity (Wildman–Crippen MR) is 51.9 cm³/mol. The summed E-state index contributed by atoms with van der Waals surface area (Å²) in [6.07, 6.45) is -2.16. The molecule has 0 aromatic carbocycles. The fraction of sp³-hybridized carbons (Fsp3) is 0.800. The Balaban J connectivity index is 2.55. The topological polar surface area (TPSA) is 62.1 Å². The molecule has 0 aromatic heterocycles. The number of ether oxygens (including phenoxy) is 1.